The van der Waals surface area contributed by atoms with Crippen molar-refractivity contribution >= 4 is 16.9 Å². The molecule has 0 radical (unpaired) electrons. The minimum Gasteiger partial charge on any atom is -0.478 e. The van der Waals surface area contributed by atoms with Crippen LogP contribution in [-0.4, -0.2) is 43.7 Å². The summed E-state index contributed by atoms with van der Waals surface area (Å²) in [6.45, 7) is 2.59. The molecule has 13 heteroatoms. The van der Waals surface area contributed by atoms with Gasteiger partial charge in [0, 0.05) is 12.0 Å². The van der Waals surface area contributed by atoms with Crippen molar-refractivity contribution in [3.8, 4) is 11.4 Å². The Hall–Kier alpha value is -4.39. The third-order valence-electron chi connectivity index (χ3n) is 6.37. The number of aromatic nitrogens is 2. The van der Waals surface area contributed by atoms with Gasteiger partial charge in [-0.3, -0.25) is 9.36 Å². The first kappa shape index (κ1) is 29.6. The Morgan fingerprint density at radius 3 is 2.02 bits per heavy atom. The first-order chi connectivity index (χ1) is 19.0. The minimum atomic E-state index is -6.08. The van der Waals surface area contributed by atoms with Crippen LogP contribution >= 0.6 is 0 Å². The SMILES string of the molecule is CC(C)(Oc1ccc2nc(Cc3ccccc3)n(-c3ccc(C(O)(C(F)(F)F)C(F)(F)F)cc3)c(=O)c2c1)C(=O)O. The Balaban J connectivity index is 1.91. The number of benzene rings is 3. The fourth-order valence-corrected chi connectivity index (χ4v) is 4.12. The van der Waals surface area contributed by atoms with Gasteiger partial charge in [0.1, 0.15) is 11.6 Å². The Labute approximate surface area is 228 Å². The molecular weight excluding hydrogens is 558 g/mol. The molecule has 0 saturated heterocycles. The van der Waals surface area contributed by atoms with Crippen LogP contribution < -0.4 is 10.3 Å². The highest BCUT2D eigenvalue weighted by molar-refractivity contribution is 5.81. The highest BCUT2D eigenvalue weighted by atomic mass is 19.4. The molecule has 3 aromatic carbocycles. The van der Waals surface area contributed by atoms with Crippen LogP contribution in [0.15, 0.2) is 77.6 Å². The number of carboxylic acid groups (broad SMARTS) is 1. The molecule has 4 rings (SSSR count). The fraction of sp³-hybridized carbons (Fsp3) is 0.250. The van der Waals surface area contributed by atoms with Gasteiger partial charge in [0.2, 0.25) is 0 Å². The van der Waals surface area contributed by atoms with Crippen molar-refractivity contribution in [1.82, 2.24) is 9.55 Å². The summed E-state index contributed by atoms with van der Waals surface area (Å²) in [6.07, 6.45) is -12.1. The number of hydrogen-bond acceptors (Lipinski definition) is 5. The van der Waals surface area contributed by atoms with Gasteiger partial charge in [-0.15, -0.1) is 0 Å². The summed E-state index contributed by atoms with van der Waals surface area (Å²) in [7, 11) is 0. The molecule has 0 fully saturated rings. The molecule has 0 aliphatic carbocycles. The second-order valence-electron chi connectivity index (χ2n) is 9.68. The van der Waals surface area contributed by atoms with Gasteiger partial charge in [-0.05, 0) is 49.7 Å². The molecule has 0 saturated carbocycles. The van der Waals surface area contributed by atoms with Crippen molar-refractivity contribution in [2.75, 3.05) is 0 Å². The van der Waals surface area contributed by atoms with E-state index in [0.717, 1.165) is 16.7 Å². The van der Waals surface area contributed by atoms with E-state index in [-0.39, 0.29) is 34.6 Å². The number of rotatable bonds is 7. The van der Waals surface area contributed by atoms with Gasteiger partial charge in [0.15, 0.2) is 5.60 Å². The number of carbonyl (C=O) groups is 1. The highest BCUT2D eigenvalue weighted by Gasteiger charge is 2.71. The van der Waals surface area contributed by atoms with Gasteiger partial charge in [-0.2, -0.15) is 26.3 Å². The van der Waals surface area contributed by atoms with Crippen LogP contribution in [0.2, 0.25) is 0 Å². The summed E-state index contributed by atoms with van der Waals surface area (Å²) in [6, 6.07) is 15.4. The van der Waals surface area contributed by atoms with E-state index in [1.54, 1.807) is 30.3 Å². The lowest BCUT2D eigenvalue weighted by molar-refractivity contribution is -0.376. The van der Waals surface area contributed by atoms with E-state index in [4.69, 9.17) is 4.74 Å². The Morgan fingerprint density at radius 1 is 0.902 bits per heavy atom. The molecule has 0 atom stereocenters. The van der Waals surface area contributed by atoms with Gasteiger partial charge in [-0.25, -0.2) is 9.78 Å². The van der Waals surface area contributed by atoms with Gasteiger partial charge in [-0.1, -0.05) is 42.5 Å². The Bertz CT molecular complexity index is 1630. The summed E-state index contributed by atoms with van der Waals surface area (Å²) >= 11 is 0. The smallest absolute Gasteiger partial charge is 0.430 e. The lowest BCUT2D eigenvalue weighted by atomic mass is 9.92. The van der Waals surface area contributed by atoms with Crippen LogP contribution in [0.4, 0.5) is 26.3 Å². The number of fused-ring (bicyclic) bond motifs is 1. The zero-order valence-electron chi connectivity index (χ0n) is 21.4. The van der Waals surface area contributed by atoms with Crippen molar-refractivity contribution in [3.05, 3.63) is 100 Å². The molecule has 0 unspecified atom stereocenters. The zero-order valence-corrected chi connectivity index (χ0v) is 21.4. The third-order valence-corrected chi connectivity index (χ3v) is 6.37. The fourth-order valence-electron chi connectivity index (χ4n) is 4.12. The largest absolute Gasteiger partial charge is 0.478 e. The van der Waals surface area contributed by atoms with Crippen LogP contribution in [0, 0.1) is 0 Å². The molecule has 2 N–H and O–H groups in total. The molecule has 1 heterocycles. The second kappa shape index (κ2) is 10.2. The molecule has 216 valence electrons. The van der Waals surface area contributed by atoms with Crippen molar-refractivity contribution in [2.24, 2.45) is 0 Å². The average Bonchev–Trinajstić information content (AvgIpc) is 2.88. The van der Waals surface area contributed by atoms with Crippen molar-refractivity contribution < 1.29 is 46.1 Å². The quantitative estimate of drug-likeness (QED) is 0.279. The standard InChI is InChI=1S/C28H22F6N2O5/c1-25(2,24(38)39)41-19-12-13-21-20(15-19)23(37)36(22(35-21)14-16-6-4-3-5-7-16)18-10-8-17(9-11-18)26(40,27(29,30)31)28(32,33)34/h3-13,15,40H,14H2,1-2H3,(H,38,39). The molecule has 0 amide bonds. The number of hydrogen-bond donors (Lipinski definition) is 2. The van der Waals surface area contributed by atoms with Crippen molar-refractivity contribution in [3.63, 3.8) is 0 Å². The van der Waals surface area contributed by atoms with E-state index in [1.807, 2.05) is 0 Å². The van der Waals surface area contributed by atoms with E-state index in [1.165, 1.54) is 32.0 Å². The molecule has 0 aliphatic heterocycles. The second-order valence-corrected chi connectivity index (χ2v) is 9.68. The molecule has 41 heavy (non-hydrogen) atoms. The lowest BCUT2D eigenvalue weighted by Gasteiger charge is -2.32. The van der Waals surface area contributed by atoms with Gasteiger partial charge >= 0.3 is 18.3 Å². The summed E-state index contributed by atoms with van der Waals surface area (Å²) < 4.78 is 86.8. The topological polar surface area (TPSA) is 102 Å². The number of ether oxygens (including phenoxy) is 1. The van der Waals surface area contributed by atoms with E-state index in [2.05, 4.69) is 4.98 Å². The maximum absolute atomic E-state index is 13.7. The van der Waals surface area contributed by atoms with Crippen LogP contribution in [0.3, 0.4) is 0 Å². The summed E-state index contributed by atoms with van der Waals surface area (Å²) in [5, 5.41) is 19.0. The van der Waals surface area contributed by atoms with Gasteiger partial charge < -0.3 is 14.9 Å². The monoisotopic (exact) mass is 580 g/mol. The minimum absolute atomic E-state index is 0.0157. The summed E-state index contributed by atoms with van der Waals surface area (Å²) in [4.78, 5) is 29.7. The van der Waals surface area contributed by atoms with Crippen LogP contribution in [-0.2, 0) is 16.8 Å². The Kier molecular flexibility index (Phi) is 7.37. The first-order valence-corrected chi connectivity index (χ1v) is 11.9. The van der Waals surface area contributed by atoms with E-state index >= 15 is 0 Å². The molecule has 0 aliphatic rings. The predicted molar refractivity (Wildman–Crippen MR) is 135 cm³/mol. The van der Waals surface area contributed by atoms with E-state index in [9.17, 15) is 46.1 Å². The van der Waals surface area contributed by atoms with Crippen LogP contribution in [0.5, 0.6) is 5.75 Å². The Morgan fingerprint density at radius 2 is 1.49 bits per heavy atom. The number of halogens is 6. The maximum Gasteiger partial charge on any atom is 0.430 e. The molecule has 1 aromatic heterocycles. The van der Waals surface area contributed by atoms with Crippen LogP contribution in [0.1, 0.15) is 30.8 Å². The molecule has 7 nitrogen and oxygen atoms in total. The average molecular weight is 580 g/mol. The number of aliphatic hydroxyl groups is 1. The number of nitrogens with zero attached hydrogens (tertiary/aromatic N) is 2. The number of alkyl halides is 6. The van der Waals surface area contributed by atoms with Crippen LogP contribution in [0.25, 0.3) is 16.6 Å². The van der Waals surface area contributed by atoms with Crippen molar-refractivity contribution in [1.29, 1.82) is 0 Å². The normalized spacial score (nSPS) is 12.9. The number of aliphatic carboxylic acids is 1. The van der Waals surface area contributed by atoms with Gasteiger partial charge in [0.05, 0.1) is 16.6 Å². The highest BCUT2D eigenvalue weighted by Crippen LogP contribution is 2.50. The zero-order chi connectivity index (χ0) is 30.4. The predicted octanol–water partition coefficient (Wildman–Crippen LogP) is 5.53. The van der Waals surface area contributed by atoms with E-state index < -0.39 is 40.6 Å². The third kappa shape index (κ3) is 5.49. The molecule has 0 spiro atoms. The maximum atomic E-state index is 13.7. The van der Waals surface area contributed by atoms with E-state index in [0.29, 0.717) is 17.7 Å². The molecule has 0 bridgehead atoms. The first-order valence-electron chi connectivity index (χ1n) is 11.9. The van der Waals surface area contributed by atoms with Gasteiger partial charge in [0.25, 0.3) is 11.2 Å². The summed E-state index contributed by atoms with van der Waals surface area (Å²) in [5.74, 6) is -1.14. The number of carboxylic acids is 1. The van der Waals surface area contributed by atoms with Crippen molar-refractivity contribution in [2.45, 2.75) is 43.8 Å². The summed E-state index contributed by atoms with van der Waals surface area (Å²) in [5.41, 5.74) is -8.25. The molecular formula is C28H22F6N2O5. The lowest BCUT2D eigenvalue weighted by Crippen LogP contribution is -2.53. The molecule has 4 aromatic rings.